The molecule has 1 unspecified atom stereocenters. The molecule has 0 aliphatic carbocycles. The van der Waals surface area contributed by atoms with Gasteiger partial charge in [0.25, 0.3) is 0 Å². The third-order valence-corrected chi connectivity index (χ3v) is 2.65. The fraction of sp³-hybridized carbons (Fsp3) is 0.467. The van der Waals surface area contributed by atoms with Gasteiger partial charge in [-0.2, -0.15) is 0 Å². The zero-order valence-corrected chi connectivity index (χ0v) is 11.1. The van der Waals surface area contributed by atoms with Gasteiger partial charge in [0.1, 0.15) is 5.75 Å². The summed E-state index contributed by atoms with van der Waals surface area (Å²) in [7, 11) is 1.66. The first-order chi connectivity index (χ1) is 8.80. The molecule has 18 heavy (non-hydrogen) atoms. The summed E-state index contributed by atoms with van der Waals surface area (Å²) in [6.07, 6.45) is 5.75. The molecule has 0 aliphatic heterocycles. The molecular weight excluding hydrogens is 228 g/mol. The van der Waals surface area contributed by atoms with E-state index in [1.807, 2.05) is 30.3 Å². The van der Waals surface area contributed by atoms with E-state index in [9.17, 15) is 0 Å². The van der Waals surface area contributed by atoms with Crippen LogP contribution in [-0.4, -0.2) is 24.9 Å². The highest BCUT2D eigenvalue weighted by Crippen LogP contribution is 2.14. The number of hydrogen-bond donors (Lipinski definition) is 1. The third-order valence-electron chi connectivity index (χ3n) is 2.65. The maximum absolute atomic E-state index is 8.77. The Morgan fingerprint density at radius 1 is 1.28 bits per heavy atom. The predicted octanol–water partition coefficient (Wildman–Crippen LogP) is 2.93. The average Bonchev–Trinajstić information content (AvgIpc) is 2.42. The van der Waals surface area contributed by atoms with Gasteiger partial charge in [0.05, 0.1) is 26.4 Å². The van der Waals surface area contributed by atoms with Gasteiger partial charge < -0.3 is 14.6 Å². The molecule has 1 aromatic carbocycles. The number of ether oxygens (including phenoxy) is 2. The molecule has 1 atom stereocenters. The minimum absolute atomic E-state index is 0.0616. The van der Waals surface area contributed by atoms with E-state index in [4.69, 9.17) is 14.6 Å². The quantitative estimate of drug-likeness (QED) is 0.721. The van der Waals surface area contributed by atoms with Crippen LogP contribution < -0.4 is 4.74 Å². The number of benzene rings is 1. The van der Waals surface area contributed by atoms with Gasteiger partial charge in [-0.1, -0.05) is 37.6 Å². The van der Waals surface area contributed by atoms with Gasteiger partial charge in [0.15, 0.2) is 0 Å². The van der Waals surface area contributed by atoms with E-state index in [2.05, 4.69) is 6.92 Å². The minimum atomic E-state index is 0.0616. The molecule has 3 nitrogen and oxygen atoms in total. The lowest BCUT2D eigenvalue weighted by Gasteiger charge is -2.13. The molecule has 1 N–H and O–H groups in total. The number of methoxy groups -OCH3 is 1. The largest absolute Gasteiger partial charge is 0.497 e. The van der Waals surface area contributed by atoms with Gasteiger partial charge >= 0.3 is 0 Å². The Bertz CT molecular complexity index is 343. The zero-order chi connectivity index (χ0) is 13.2. The van der Waals surface area contributed by atoms with Crippen molar-refractivity contribution in [2.45, 2.75) is 32.5 Å². The maximum Gasteiger partial charge on any atom is 0.118 e. The first kappa shape index (κ1) is 14.7. The molecule has 0 amide bonds. The van der Waals surface area contributed by atoms with E-state index in [1.54, 1.807) is 13.2 Å². The summed E-state index contributed by atoms with van der Waals surface area (Å²) in [6.45, 7) is 2.76. The van der Waals surface area contributed by atoms with Crippen molar-refractivity contribution in [1.82, 2.24) is 0 Å². The fourth-order valence-corrected chi connectivity index (χ4v) is 1.66. The summed E-state index contributed by atoms with van der Waals surface area (Å²) in [5.74, 6) is 0.851. The molecule has 0 saturated heterocycles. The Morgan fingerprint density at radius 2 is 2.00 bits per heavy atom. The van der Waals surface area contributed by atoms with Crippen LogP contribution >= 0.6 is 0 Å². The number of aliphatic hydroxyl groups is 1. The molecule has 0 aromatic heterocycles. The average molecular weight is 250 g/mol. The van der Waals surface area contributed by atoms with Crippen LogP contribution in [0.4, 0.5) is 0 Å². The van der Waals surface area contributed by atoms with E-state index >= 15 is 0 Å². The summed E-state index contributed by atoms with van der Waals surface area (Å²) >= 11 is 0. The molecule has 3 heteroatoms. The molecule has 0 bridgehead atoms. The monoisotopic (exact) mass is 250 g/mol. The minimum Gasteiger partial charge on any atom is -0.497 e. The lowest BCUT2D eigenvalue weighted by Crippen LogP contribution is -2.09. The van der Waals surface area contributed by atoms with Gasteiger partial charge in [0, 0.05) is 0 Å². The van der Waals surface area contributed by atoms with Crippen LogP contribution in [0.25, 0.3) is 0 Å². The fourth-order valence-electron chi connectivity index (χ4n) is 1.66. The number of aliphatic hydroxyl groups excluding tert-OH is 1. The van der Waals surface area contributed by atoms with Crippen LogP contribution in [0.1, 0.15) is 25.3 Å². The highest BCUT2D eigenvalue weighted by Gasteiger charge is 2.04. The van der Waals surface area contributed by atoms with Crippen LogP contribution in [0, 0.1) is 0 Å². The van der Waals surface area contributed by atoms with Crippen LogP contribution in [0.3, 0.4) is 0 Å². The van der Waals surface area contributed by atoms with Crippen molar-refractivity contribution in [2.75, 3.05) is 13.7 Å². The Morgan fingerprint density at radius 3 is 2.56 bits per heavy atom. The molecule has 0 aliphatic rings. The molecule has 1 aromatic rings. The highest BCUT2D eigenvalue weighted by molar-refractivity contribution is 5.26. The predicted molar refractivity (Wildman–Crippen MR) is 72.7 cm³/mol. The summed E-state index contributed by atoms with van der Waals surface area (Å²) in [4.78, 5) is 0. The number of hydrogen-bond acceptors (Lipinski definition) is 3. The second kappa shape index (κ2) is 8.72. The maximum atomic E-state index is 8.77. The van der Waals surface area contributed by atoms with Gasteiger partial charge in [-0.25, -0.2) is 0 Å². The summed E-state index contributed by atoms with van der Waals surface area (Å²) in [5.41, 5.74) is 1.12. The first-order valence-corrected chi connectivity index (χ1v) is 6.32. The van der Waals surface area contributed by atoms with Crippen molar-refractivity contribution < 1.29 is 14.6 Å². The van der Waals surface area contributed by atoms with Crippen LogP contribution in [0.2, 0.25) is 0 Å². The van der Waals surface area contributed by atoms with Crippen molar-refractivity contribution in [3.05, 3.63) is 42.0 Å². The Hall–Kier alpha value is -1.32. The van der Waals surface area contributed by atoms with Crippen molar-refractivity contribution in [3.8, 4) is 5.75 Å². The summed E-state index contributed by atoms with van der Waals surface area (Å²) in [6, 6.07) is 7.85. The Kier molecular flexibility index (Phi) is 7.14. The van der Waals surface area contributed by atoms with Crippen LogP contribution in [0.5, 0.6) is 5.75 Å². The van der Waals surface area contributed by atoms with Crippen LogP contribution in [0.15, 0.2) is 36.4 Å². The molecule has 0 fully saturated rings. The van der Waals surface area contributed by atoms with E-state index in [1.165, 1.54) is 0 Å². The molecule has 0 saturated carbocycles. The van der Waals surface area contributed by atoms with Crippen molar-refractivity contribution in [3.63, 3.8) is 0 Å². The van der Waals surface area contributed by atoms with E-state index < -0.39 is 0 Å². The van der Waals surface area contributed by atoms with Gasteiger partial charge in [0.2, 0.25) is 0 Å². The lowest BCUT2D eigenvalue weighted by atomic mass is 10.2. The normalized spacial score (nSPS) is 12.8. The summed E-state index contributed by atoms with van der Waals surface area (Å²) < 4.78 is 10.9. The molecule has 0 spiro atoms. The van der Waals surface area contributed by atoms with Gasteiger partial charge in [-0.15, -0.1) is 0 Å². The topological polar surface area (TPSA) is 38.7 Å². The lowest BCUT2D eigenvalue weighted by molar-refractivity contribution is 0.0656. The molecular formula is C15H22O3. The zero-order valence-electron chi connectivity index (χ0n) is 11.1. The second-order valence-corrected chi connectivity index (χ2v) is 4.10. The Labute approximate surface area is 109 Å². The van der Waals surface area contributed by atoms with Crippen molar-refractivity contribution in [2.24, 2.45) is 0 Å². The third kappa shape index (κ3) is 5.34. The Balaban J connectivity index is 2.47. The molecule has 0 heterocycles. The van der Waals surface area contributed by atoms with Gasteiger partial charge in [-0.3, -0.25) is 0 Å². The SMILES string of the molecule is CCCC(/C=C\CO)OCc1ccc(OC)cc1. The van der Waals surface area contributed by atoms with Crippen molar-refractivity contribution in [1.29, 1.82) is 0 Å². The molecule has 100 valence electrons. The summed E-state index contributed by atoms with van der Waals surface area (Å²) in [5, 5.41) is 8.77. The highest BCUT2D eigenvalue weighted by atomic mass is 16.5. The first-order valence-electron chi connectivity index (χ1n) is 6.32. The van der Waals surface area contributed by atoms with E-state index in [0.717, 1.165) is 24.2 Å². The number of rotatable bonds is 8. The van der Waals surface area contributed by atoms with E-state index in [-0.39, 0.29) is 12.7 Å². The van der Waals surface area contributed by atoms with Crippen LogP contribution in [-0.2, 0) is 11.3 Å². The molecule has 0 radical (unpaired) electrons. The molecule has 1 rings (SSSR count). The van der Waals surface area contributed by atoms with Gasteiger partial charge in [-0.05, 0) is 24.1 Å². The van der Waals surface area contributed by atoms with E-state index in [0.29, 0.717) is 6.61 Å². The standard InChI is InChI=1S/C15H22O3/c1-3-5-15(6-4-11-16)18-12-13-7-9-14(17-2)10-8-13/h4,6-10,15-16H,3,5,11-12H2,1-2H3/b6-4-. The smallest absolute Gasteiger partial charge is 0.118 e. The van der Waals surface area contributed by atoms with Crippen molar-refractivity contribution >= 4 is 0 Å². The second-order valence-electron chi connectivity index (χ2n) is 4.10.